The molecule has 0 heterocycles. The van der Waals surface area contributed by atoms with Crippen molar-refractivity contribution in [3.63, 3.8) is 0 Å². The van der Waals surface area contributed by atoms with Gasteiger partial charge in [-0.15, -0.1) is 0 Å². The Morgan fingerprint density at radius 3 is 1.70 bits per heavy atom. The molecule has 1 aliphatic rings. The summed E-state index contributed by atoms with van der Waals surface area (Å²) in [5.41, 5.74) is 6.49. The molecule has 138 valence electrons. The maximum atomic E-state index is 6.67. The highest BCUT2D eigenvalue weighted by molar-refractivity contribution is 6.74. The summed E-state index contributed by atoms with van der Waals surface area (Å²) in [5.74, 6) is 0.446. The Balaban J connectivity index is 2.59. The van der Waals surface area contributed by atoms with E-state index >= 15 is 0 Å². The second kappa shape index (κ2) is 6.56. The van der Waals surface area contributed by atoms with Gasteiger partial charge in [-0.1, -0.05) is 41.5 Å². The van der Waals surface area contributed by atoms with Gasteiger partial charge < -0.3 is 14.6 Å². The second-order valence-corrected chi connectivity index (χ2v) is 20.2. The molecule has 1 rings (SSSR count). The minimum atomic E-state index is -1.73. The average Bonchev–Trinajstić information content (AvgIpc) is 2.32. The van der Waals surface area contributed by atoms with Crippen LogP contribution in [-0.4, -0.2) is 35.4 Å². The van der Waals surface area contributed by atoms with E-state index in [0.717, 1.165) is 13.0 Å². The van der Waals surface area contributed by atoms with Crippen LogP contribution in [0.5, 0.6) is 0 Å². The Kier molecular flexibility index (Phi) is 6.09. The van der Waals surface area contributed by atoms with Crippen molar-refractivity contribution in [2.24, 2.45) is 11.7 Å². The first-order valence-electron chi connectivity index (χ1n) is 9.09. The summed E-state index contributed by atoms with van der Waals surface area (Å²) in [4.78, 5) is 0. The van der Waals surface area contributed by atoms with Crippen LogP contribution >= 0.6 is 0 Å². The van der Waals surface area contributed by atoms with Gasteiger partial charge in [0.25, 0.3) is 0 Å². The molecular formula is C18H41NO2Si2. The molecule has 1 fully saturated rings. The molecule has 0 aromatic carbocycles. The lowest BCUT2D eigenvalue weighted by Crippen LogP contribution is -2.62. The van der Waals surface area contributed by atoms with Crippen LogP contribution < -0.4 is 5.73 Å². The Hall–Kier alpha value is 0.314. The van der Waals surface area contributed by atoms with Gasteiger partial charge in [0.15, 0.2) is 16.6 Å². The van der Waals surface area contributed by atoms with Crippen LogP contribution in [0.1, 0.15) is 54.4 Å². The quantitative estimate of drug-likeness (QED) is 0.668. The van der Waals surface area contributed by atoms with Crippen molar-refractivity contribution in [1.82, 2.24) is 0 Å². The summed E-state index contributed by atoms with van der Waals surface area (Å²) >= 11 is 0. The van der Waals surface area contributed by atoms with Crippen LogP contribution in [0.3, 0.4) is 0 Å². The minimum absolute atomic E-state index is 0.183. The highest BCUT2D eigenvalue weighted by atomic mass is 28.4. The van der Waals surface area contributed by atoms with Crippen molar-refractivity contribution < 1.29 is 8.85 Å². The Morgan fingerprint density at radius 2 is 1.35 bits per heavy atom. The molecule has 0 spiro atoms. The van der Waals surface area contributed by atoms with E-state index in [1.165, 1.54) is 6.42 Å². The first kappa shape index (κ1) is 21.4. The molecular weight excluding hydrogens is 318 g/mol. The van der Waals surface area contributed by atoms with E-state index in [4.69, 9.17) is 14.6 Å². The van der Waals surface area contributed by atoms with Crippen LogP contribution in [0, 0.1) is 5.92 Å². The third-order valence-corrected chi connectivity index (χ3v) is 15.7. The minimum Gasteiger partial charge on any atom is -0.416 e. The first-order valence-corrected chi connectivity index (χ1v) is 14.9. The van der Waals surface area contributed by atoms with E-state index in [9.17, 15) is 0 Å². The Bertz CT molecular complexity index is 410. The summed E-state index contributed by atoms with van der Waals surface area (Å²) < 4.78 is 12.8. The van der Waals surface area contributed by atoms with Crippen LogP contribution in [-0.2, 0) is 8.85 Å². The van der Waals surface area contributed by atoms with Gasteiger partial charge in [0.1, 0.15) is 0 Å². The predicted molar refractivity (Wildman–Crippen MR) is 106 cm³/mol. The molecule has 3 nitrogen and oxygen atoms in total. The Morgan fingerprint density at radius 1 is 0.913 bits per heavy atom. The first-order chi connectivity index (χ1) is 10.0. The summed E-state index contributed by atoms with van der Waals surface area (Å²) in [6.45, 7) is 24.4. The smallest absolute Gasteiger partial charge is 0.192 e. The molecule has 1 saturated carbocycles. The molecule has 0 radical (unpaired) electrons. The van der Waals surface area contributed by atoms with Crippen molar-refractivity contribution in [3.8, 4) is 0 Å². The zero-order valence-electron chi connectivity index (χ0n) is 17.3. The highest BCUT2D eigenvalue weighted by Gasteiger charge is 2.48. The summed E-state index contributed by atoms with van der Waals surface area (Å²) in [7, 11) is -3.42. The molecule has 2 N–H and O–H groups in total. The van der Waals surface area contributed by atoms with Crippen LogP contribution in [0.2, 0.25) is 36.3 Å². The molecule has 0 bridgehead atoms. The fraction of sp³-hybridized carbons (Fsp3) is 1.00. The van der Waals surface area contributed by atoms with E-state index in [1.807, 2.05) is 0 Å². The summed E-state index contributed by atoms with van der Waals surface area (Å²) in [6, 6.07) is 0. The molecule has 5 heteroatoms. The molecule has 2 atom stereocenters. The van der Waals surface area contributed by atoms with E-state index in [1.54, 1.807) is 0 Å². The van der Waals surface area contributed by atoms with E-state index in [2.05, 4.69) is 67.7 Å². The molecule has 0 saturated heterocycles. The molecule has 1 aliphatic carbocycles. The van der Waals surface area contributed by atoms with Gasteiger partial charge in [-0.3, -0.25) is 0 Å². The van der Waals surface area contributed by atoms with Crippen molar-refractivity contribution in [2.75, 3.05) is 13.2 Å². The maximum Gasteiger partial charge on any atom is 0.192 e. The lowest BCUT2D eigenvalue weighted by atomic mass is 9.68. The molecule has 0 aromatic heterocycles. The topological polar surface area (TPSA) is 44.5 Å². The van der Waals surface area contributed by atoms with Gasteiger partial charge in [-0.2, -0.15) is 0 Å². The van der Waals surface area contributed by atoms with E-state index < -0.39 is 16.6 Å². The molecule has 0 amide bonds. The van der Waals surface area contributed by atoms with Gasteiger partial charge in [-0.25, -0.2) is 0 Å². The largest absolute Gasteiger partial charge is 0.416 e. The van der Waals surface area contributed by atoms with Crippen LogP contribution in [0.25, 0.3) is 0 Å². The normalized spacial score (nSPS) is 27.0. The van der Waals surface area contributed by atoms with Gasteiger partial charge in [-0.05, 0) is 49.1 Å². The fourth-order valence-corrected chi connectivity index (χ4v) is 4.33. The second-order valence-electron chi connectivity index (χ2n) is 10.6. The Labute approximate surface area is 147 Å². The lowest BCUT2D eigenvalue weighted by molar-refractivity contribution is 0.0249. The fourth-order valence-electron chi connectivity index (χ4n) is 2.22. The molecule has 0 aromatic rings. The van der Waals surface area contributed by atoms with Crippen LogP contribution in [0.4, 0.5) is 0 Å². The molecule has 23 heavy (non-hydrogen) atoms. The number of rotatable bonds is 6. The van der Waals surface area contributed by atoms with Gasteiger partial charge >= 0.3 is 0 Å². The zero-order valence-corrected chi connectivity index (χ0v) is 19.3. The molecule has 2 unspecified atom stereocenters. The predicted octanol–water partition coefficient (Wildman–Crippen LogP) is 5.14. The molecule has 0 aliphatic heterocycles. The van der Waals surface area contributed by atoms with Gasteiger partial charge in [0.2, 0.25) is 0 Å². The van der Waals surface area contributed by atoms with Crippen molar-refractivity contribution in [3.05, 3.63) is 0 Å². The van der Waals surface area contributed by atoms with Gasteiger partial charge in [0.05, 0.1) is 6.61 Å². The number of hydrogen-bond acceptors (Lipinski definition) is 3. The van der Waals surface area contributed by atoms with Crippen molar-refractivity contribution >= 4 is 16.6 Å². The SMILES string of the molecule is CC(C)(C)[Si](C)(C)OCC1CCC1(N)CO[Si](C)(C)C(C)(C)C. The van der Waals surface area contributed by atoms with Crippen molar-refractivity contribution in [2.45, 2.75) is 96.2 Å². The number of nitrogens with two attached hydrogens (primary N) is 1. The van der Waals surface area contributed by atoms with Crippen LogP contribution in [0.15, 0.2) is 0 Å². The highest BCUT2D eigenvalue weighted by Crippen LogP contribution is 2.43. The zero-order chi connectivity index (χ0) is 18.3. The lowest BCUT2D eigenvalue weighted by Gasteiger charge is -2.50. The van der Waals surface area contributed by atoms with Gasteiger partial charge in [0, 0.05) is 18.1 Å². The third kappa shape index (κ3) is 4.91. The van der Waals surface area contributed by atoms with Crippen molar-refractivity contribution in [1.29, 1.82) is 0 Å². The monoisotopic (exact) mass is 359 g/mol. The summed E-state index contributed by atoms with van der Waals surface area (Å²) in [6.07, 6.45) is 2.24. The summed E-state index contributed by atoms with van der Waals surface area (Å²) in [5, 5.41) is 0.492. The standard InChI is InChI=1S/C18H41NO2Si2/c1-16(2,3)22(7,8)20-13-15-11-12-18(15,19)14-21-23(9,10)17(4,5)6/h15H,11-14,19H2,1-10H3. The third-order valence-electron chi connectivity index (χ3n) is 6.73. The number of hydrogen-bond donors (Lipinski definition) is 1. The van der Waals surface area contributed by atoms with E-state index in [-0.39, 0.29) is 15.6 Å². The average molecular weight is 360 g/mol. The maximum absolute atomic E-state index is 6.67. The van der Waals surface area contributed by atoms with E-state index in [0.29, 0.717) is 12.5 Å².